The average molecular weight is 334 g/mol. The molecule has 2 rings (SSSR count). The fourth-order valence-corrected chi connectivity index (χ4v) is 2.12. The smallest absolute Gasteiger partial charge is 0.330 e. The Balaban J connectivity index is 1.91. The molecule has 0 radical (unpaired) electrons. The third-order valence-electron chi connectivity index (χ3n) is 3.58. The third kappa shape index (κ3) is 6.60. The van der Waals surface area contributed by atoms with Gasteiger partial charge in [0, 0.05) is 11.6 Å². The lowest BCUT2D eigenvalue weighted by Crippen LogP contribution is -2.01. The fraction of sp³-hybridized carbons (Fsp3) is 0.182. The van der Waals surface area contributed by atoms with Crippen LogP contribution in [0.5, 0.6) is 0 Å². The summed E-state index contributed by atoms with van der Waals surface area (Å²) in [6.07, 6.45) is 8.30. The summed E-state index contributed by atoms with van der Waals surface area (Å²) in [5, 5.41) is 0. The van der Waals surface area contributed by atoms with E-state index >= 15 is 0 Å². The second-order valence-corrected chi connectivity index (χ2v) is 5.58. The Kier molecular flexibility index (Phi) is 7.39. The second kappa shape index (κ2) is 10.0. The molecule has 2 aromatic rings. The van der Waals surface area contributed by atoms with Crippen molar-refractivity contribution >= 4 is 23.9 Å². The molecule has 25 heavy (non-hydrogen) atoms. The van der Waals surface area contributed by atoms with Crippen molar-refractivity contribution in [2.24, 2.45) is 0 Å². The van der Waals surface area contributed by atoms with E-state index in [1.807, 2.05) is 37.3 Å². The number of carbonyl (C=O) groups is 2. The summed E-state index contributed by atoms with van der Waals surface area (Å²) in [5.41, 5.74) is 2.43. The number of esters is 1. The minimum Gasteiger partial charge on any atom is -0.463 e. The number of allylic oxidation sites excluding steroid dienone is 1. The maximum atomic E-state index is 12.2. The Bertz CT molecular complexity index is 741. The fourth-order valence-electron chi connectivity index (χ4n) is 2.12. The summed E-state index contributed by atoms with van der Waals surface area (Å²) < 4.78 is 5.05. The molecule has 128 valence electrons. The van der Waals surface area contributed by atoms with Gasteiger partial charge in [-0.2, -0.15) is 0 Å². The molecule has 0 saturated heterocycles. The number of rotatable bonds is 8. The molecule has 0 saturated carbocycles. The Morgan fingerprint density at radius 3 is 2.20 bits per heavy atom. The van der Waals surface area contributed by atoms with Crippen LogP contribution >= 0.6 is 0 Å². The summed E-state index contributed by atoms with van der Waals surface area (Å²) in [4.78, 5) is 23.7. The highest BCUT2D eigenvalue weighted by molar-refractivity contribution is 6.06. The molecule has 0 atom stereocenters. The largest absolute Gasteiger partial charge is 0.463 e. The molecule has 3 heteroatoms. The van der Waals surface area contributed by atoms with Crippen LogP contribution in [-0.2, 0) is 9.53 Å². The molecule has 0 fully saturated rings. The van der Waals surface area contributed by atoms with Crippen molar-refractivity contribution in [2.75, 3.05) is 6.61 Å². The molecule has 2 aromatic carbocycles. The number of hydrogen-bond donors (Lipinski definition) is 0. The van der Waals surface area contributed by atoms with Crippen LogP contribution in [0.15, 0.2) is 66.7 Å². The molecule has 0 N–H and O–H groups in total. The maximum absolute atomic E-state index is 12.2. The van der Waals surface area contributed by atoms with E-state index in [1.165, 1.54) is 6.08 Å². The van der Waals surface area contributed by atoms with Crippen LogP contribution in [0.2, 0.25) is 0 Å². The summed E-state index contributed by atoms with van der Waals surface area (Å²) >= 11 is 0. The average Bonchev–Trinajstić information content (AvgIpc) is 2.66. The van der Waals surface area contributed by atoms with Crippen LogP contribution in [0.1, 0.15) is 41.3 Å². The van der Waals surface area contributed by atoms with E-state index in [0.29, 0.717) is 12.2 Å². The van der Waals surface area contributed by atoms with Gasteiger partial charge in [-0.1, -0.05) is 74.0 Å². The first kappa shape index (κ1) is 18.4. The predicted octanol–water partition coefficient (Wildman–Crippen LogP) is 4.94. The van der Waals surface area contributed by atoms with Crippen molar-refractivity contribution in [3.05, 3.63) is 83.4 Å². The lowest BCUT2D eigenvalue weighted by molar-refractivity contribution is -0.137. The summed E-state index contributed by atoms with van der Waals surface area (Å²) in [6, 6.07) is 16.8. The highest BCUT2D eigenvalue weighted by Crippen LogP contribution is 2.09. The summed E-state index contributed by atoms with van der Waals surface area (Å²) in [7, 11) is 0. The Labute approximate surface area is 148 Å². The molecule has 0 aliphatic carbocycles. The summed E-state index contributed by atoms with van der Waals surface area (Å²) in [6.45, 7) is 2.49. The summed E-state index contributed by atoms with van der Waals surface area (Å²) in [5.74, 6) is -0.405. The minimum atomic E-state index is -0.348. The van der Waals surface area contributed by atoms with Crippen LogP contribution in [0.4, 0.5) is 0 Å². The van der Waals surface area contributed by atoms with E-state index in [-0.39, 0.29) is 11.8 Å². The molecule has 0 spiro atoms. The van der Waals surface area contributed by atoms with E-state index < -0.39 is 0 Å². The first-order valence-corrected chi connectivity index (χ1v) is 8.41. The number of carbonyl (C=O) groups excluding carboxylic acids is 2. The molecule has 0 amide bonds. The highest BCUT2D eigenvalue weighted by Gasteiger charge is 2.01. The van der Waals surface area contributed by atoms with Gasteiger partial charge < -0.3 is 4.74 Å². The van der Waals surface area contributed by atoms with E-state index in [1.54, 1.807) is 42.5 Å². The minimum absolute atomic E-state index is 0.0571. The molecule has 0 aliphatic rings. The topological polar surface area (TPSA) is 43.4 Å². The molecular formula is C22H22O3. The maximum Gasteiger partial charge on any atom is 0.330 e. The zero-order chi connectivity index (χ0) is 17.9. The van der Waals surface area contributed by atoms with Gasteiger partial charge in [0.2, 0.25) is 0 Å². The van der Waals surface area contributed by atoms with Gasteiger partial charge in [-0.3, -0.25) is 4.79 Å². The zero-order valence-corrected chi connectivity index (χ0v) is 14.4. The number of ketones is 1. The number of hydrogen-bond acceptors (Lipinski definition) is 3. The van der Waals surface area contributed by atoms with Crippen molar-refractivity contribution in [3.63, 3.8) is 0 Å². The van der Waals surface area contributed by atoms with Gasteiger partial charge in [-0.05, 0) is 29.7 Å². The van der Waals surface area contributed by atoms with Gasteiger partial charge in [0.25, 0.3) is 0 Å². The number of ether oxygens (including phenoxy) is 1. The van der Waals surface area contributed by atoms with Crippen molar-refractivity contribution in [2.45, 2.75) is 19.8 Å². The zero-order valence-electron chi connectivity index (χ0n) is 14.4. The molecule has 0 heterocycles. The van der Waals surface area contributed by atoms with Crippen LogP contribution in [0.25, 0.3) is 12.2 Å². The van der Waals surface area contributed by atoms with E-state index in [9.17, 15) is 9.59 Å². The SMILES string of the molecule is CCCCOC(=O)C=Cc1ccc(C(=O)C=Cc2ccccc2)cc1. The van der Waals surface area contributed by atoms with Gasteiger partial charge in [-0.25, -0.2) is 4.79 Å². The van der Waals surface area contributed by atoms with Gasteiger partial charge >= 0.3 is 5.97 Å². The van der Waals surface area contributed by atoms with E-state index in [0.717, 1.165) is 24.0 Å². The number of unbranched alkanes of at least 4 members (excludes halogenated alkanes) is 1. The van der Waals surface area contributed by atoms with Crippen LogP contribution in [-0.4, -0.2) is 18.4 Å². The molecular weight excluding hydrogens is 312 g/mol. The van der Waals surface area contributed by atoms with Crippen molar-refractivity contribution < 1.29 is 14.3 Å². The first-order valence-electron chi connectivity index (χ1n) is 8.41. The molecule has 0 unspecified atom stereocenters. The van der Waals surface area contributed by atoms with E-state index in [2.05, 4.69) is 0 Å². The van der Waals surface area contributed by atoms with Gasteiger partial charge in [-0.15, -0.1) is 0 Å². The normalized spacial score (nSPS) is 11.1. The van der Waals surface area contributed by atoms with Gasteiger partial charge in [0.15, 0.2) is 5.78 Å². The van der Waals surface area contributed by atoms with Gasteiger partial charge in [0.05, 0.1) is 6.61 Å². The van der Waals surface area contributed by atoms with E-state index in [4.69, 9.17) is 4.74 Å². The lowest BCUT2D eigenvalue weighted by Gasteiger charge is -2.00. The monoisotopic (exact) mass is 334 g/mol. The number of benzene rings is 2. The Morgan fingerprint density at radius 2 is 1.52 bits per heavy atom. The molecule has 3 nitrogen and oxygen atoms in total. The second-order valence-electron chi connectivity index (χ2n) is 5.58. The van der Waals surface area contributed by atoms with Crippen molar-refractivity contribution in [1.82, 2.24) is 0 Å². The van der Waals surface area contributed by atoms with Gasteiger partial charge in [0.1, 0.15) is 0 Å². The first-order chi connectivity index (χ1) is 12.2. The molecule has 0 bridgehead atoms. The quantitative estimate of drug-likeness (QED) is 0.297. The molecule has 0 aromatic heterocycles. The van der Waals surface area contributed by atoms with Crippen LogP contribution in [0, 0.1) is 0 Å². The highest BCUT2D eigenvalue weighted by atomic mass is 16.5. The van der Waals surface area contributed by atoms with Crippen molar-refractivity contribution in [3.8, 4) is 0 Å². The Hall–Kier alpha value is -2.94. The van der Waals surface area contributed by atoms with Crippen molar-refractivity contribution in [1.29, 1.82) is 0 Å². The standard InChI is InChI=1S/C22H22O3/c1-2-3-17-25-22(24)16-12-19-9-13-20(14-10-19)21(23)15-11-18-7-5-4-6-8-18/h4-16H,2-3,17H2,1H3. The third-order valence-corrected chi connectivity index (χ3v) is 3.58. The van der Waals surface area contributed by atoms with Crippen LogP contribution in [0.3, 0.4) is 0 Å². The molecule has 0 aliphatic heterocycles. The Morgan fingerprint density at radius 1 is 0.880 bits per heavy atom. The predicted molar refractivity (Wildman–Crippen MR) is 101 cm³/mol. The van der Waals surface area contributed by atoms with Crippen LogP contribution < -0.4 is 0 Å². The lowest BCUT2D eigenvalue weighted by atomic mass is 10.1.